The van der Waals surface area contributed by atoms with E-state index < -0.39 is 5.60 Å². The fourth-order valence-electron chi connectivity index (χ4n) is 3.40. The standard InChI is InChI=1S/C16H31N3O2/c1-16(2,3)21-15(20)19-8-7-12(11-19)10-18-14-6-4-5-13(14)9-17/h12-14,18H,4-11,17H2,1-3H3. The molecule has 2 rings (SSSR count). The van der Waals surface area contributed by atoms with Crippen molar-refractivity contribution in [3.8, 4) is 0 Å². The third kappa shape index (κ3) is 4.85. The van der Waals surface area contributed by atoms with Crippen LogP contribution < -0.4 is 11.1 Å². The molecular weight excluding hydrogens is 266 g/mol. The van der Waals surface area contributed by atoms with E-state index in [0.717, 1.165) is 32.6 Å². The first-order chi connectivity index (χ1) is 9.89. The van der Waals surface area contributed by atoms with E-state index in [1.165, 1.54) is 19.3 Å². The molecule has 1 heterocycles. The highest BCUT2D eigenvalue weighted by Crippen LogP contribution is 2.25. The summed E-state index contributed by atoms with van der Waals surface area (Å²) in [5.41, 5.74) is 5.41. The summed E-state index contributed by atoms with van der Waals surface area (Å²) in [5.74, 6) is 1.17. The number of rotatable bonds is 4. The SMILES string of the molecule is CC(C)(C)OC(=O)N1CCC(CNC2CCCC2CN)C1. The first-order valence-electron chi connectivity index (χ1n) is 8.30. The Morgan fingerprint density at radius 2 is 2.10 bits per heavy atom. The zero-order valence-corrected chi connectivity index (χ0v) is 13.7. The highest BCUT2D eigenvalue weighted by molar-refractivity contribution is 5.68. The molecule has 1 aliphatic carbocycles. The second kappa shape index (κ2) is 6.97. The minimum Gasteiger partial charge on any atom is -0.444 e. The van der Waals surface area contributed by atoms with Crippen LogP contribution >= 0.6 is 0 Å². The number of nitrogens with one attached hydrogen (secondary N) is 1. The molecule has 3 unspecified atom stereocenters. The van der Waals surface area contributed by atoms with Gasteiger partial charge in [-0.25, -0.2) is 4.79 Å². The smallest absolute Gasteiger partial charge is 0.410 e. The molecule has 1 saturated heterocycles. The minimum atomic E-state index is -0.411. The monoisotopic (exact) mass is 297 g/mol. The molecule has 2 aliphatic rings. The van der Waals surface area contributed by atoms with E-state index >= 15 is 0 Å². The minimum absolute atomic E-state index is 0.175. The highest BCUT2D eigenvalue weighted by atomic mass is 16.6. The average Bonchev–Trinajstić information content (AvgIpc) is 3.03. The number of carbonyl (C=O) groups excluding carboxylic acids is 1. The summed E-state index contributed by atoms with van der Waals surface area (Å²) in [7, 11) is 0. The molecule has 3 atom stereocenters. The molecule has 1 amide bonds. The highest BCUT2D eigenvalue weighted by Gasteiger charge is 2.31. The van der Waals surface area contributed by atoms with Gasteiger partial charge in [-0.3, -0.25) is 0 Å². The van der Waals surface area contributed by atoms with Crippen molar-refractivity contribution in [2.75, 3.05) is 26.2 Å². The molecule has 5 heteroatoms. The Morgan fingerprint density at radius 3 is 2.76 bits per heavy atom. The van der Waals surface area contributed by atoms with E-state index in [2.05, 4.69) is 5.32 Å². The molecule has 122 valence electrons. The molecule has 5 nitrogen and oxygen atoms in total. The van der Waals surface area contributed by atoms with Gasteiger partial charge in [-0.15, -0.1) is 0 Å². The van der Waals surface area contributed by atoms with Gasteiger partial charge in [0.05, 0.1) is 0 Å². The Hall–Kier alpha value is -0.810. The lowest BCUT2D eigenvalue weighted by Gasteiger charge is -2.25. The topological polar surface area (TPSA) is 67.6 Å². The number of nitrogens with two attached hydrogens (primary N) is 1. The maximum atomic E-state index is 12.0. The van der Waals surface area contributed by atoms with Crippen molar-refractivity contribution in [3.63, 3.8) is 0 Å². The number of ether oxygens (including phenoxy) is 1. The summed E-state index contributed by atoms with van der Waals surface area (Å²) in [6.45, 7) is 9.12. The summed E-state index contributed by atoms with van der Waals surface area (Å²) in [6.07, 6.45) is 4.67. The molecule has 0 bridgehead atoms. The summed E-state index contributed by atoms with van der Waals surface area (Å²) in [5, 5.41) is 3.67. The van der Waals surface area contributed by atoms with Crippen LogP contribution in [0.25, 0.3) is 0 Å². The molecular formula is C16H31N3O2. The Morgan fingerprint density at radius 1 is 1.33 bits per heavy atom. The number of hydrogen-bond acceptors (Lipinski definition) is 4. The van der Waals surface area contributed by atoms with Gasteiger partial charge < -0.3 is 20.7 Å². The molecule has 3 N–H and O–H groups in total. The maximum absolute atomic E-state index is 12.0. The molecule has 0 aromatic heterocycles. The number of likely N-dealkylation sites (tertiary alicyclic amines) is 1. The molecule has 0 radical (unpaired) electrons. The lowest BCUT2D eigenvalue weighted by atomic mass is 10.0. The predicted octanol–water partition coefficient (Wildman–Crippen LogP) is 1.96. The van der Waals surface area contributed by atoms with Gasteiger partial charge in [-0.05, 0) is 65.0 Å². The number of nitrogens with zero attached hydrogens (tertiary/aromatic N) is 1. The van der Waals surface area contributed by atoms with Gasteiger partial charge in [0.1, 0.15) is 5.60 Å². The second-order valence-corrected chi connectivity index (χ2v) is 7.52. The van der Waals surface area contributed by atoms with E-state index in [0.29, 0.717) is 17.9 Å². The van der Waals surface area contributed by atoms with Gasteiger partial charge >= 0.3 is 6.09 Å². The number of hydrogen-bond donors (Lipinski definition) is 2. The van der Waals surface area contributed by atoms with Crippen molar-refractivity contribution in [1.82, 2.24) is 10.2 Å². The van der Waals surface area contributed by atoms with Crippen LogP contribution in [0, 0.1) is 11.8 Å². The summed E-state index contributed by atoms with van der Waals surface area (Å²) < 4.78 is 5.43. The predicted molar refractivity (Wildman–Crippen MR) is 84.1 cm³/mol. The zero-order valence-electron chi connectivity index (χ0n) is 13.7. The van der Waals surface area contributed by atoms with E-state index in [4.69, 9.17) is 10.5 Å². The lowest BCUT2D eigenvalue weighted by molar-refractivity contribution is 0.0288. The normalized spacial score (nSPS) is 29.9. The molecule has 0 aromatic carbocycles. The van der Waals surface area contributed by atoms with Gasteiger partial charge in [0.2, 0.25) is 0 Å². The first-order valence-corrected chi connectivity index (χ1v) is 8.30. The number of carbonyl (C=O) groups is 1. The Bertz CT molecular complexity index is 354. The van der Waals surface area contributed by atoms with Crippen molar-refractivity contribution in [3.05, 3.63) is 0 Å². The van der Waals surface area contributed by atoms with Crippen LogP contribution in [-0.2, 0) is 4.74 Å². The fraction of sp³-hybridized carbons (Fsp3) is 0.938. The Kier molecular flexibility index (Phi) is 5.49. The molecule has 21 heavy (non-hydrogen) atoms. The van der Waals surface area contributed by atoms with Crippen molar-refractivity contribution < 1.29 is 9.53 Å². The van der Waals surface area contributed by atoms with Gasteiger partial charge in [0.25, 0.3) is 0 Å². The fourth-order valence-corrected chi connectivity index (χ4v) is 3.40. The summed E-state index contributed by atoms with van der Waals surface area (Å²) in [6, 6.07) is 0.575. The molecule has 1 saturated carbocycles. The Balaban J connectivity index is 1.71. The van der Waals surface area contributed by atoms with Gasteiger partial charge in [-0.1, -0.05) is 6.42 Å². The summed E-state index contributed by atoms with van der Waals surface area (Å²) in [4.78, 5) is 13.9. The van der Waals surface area contributed by atoms with Gasteiger partial charge in [0.15, 0.2) is 0 Å². The van der Waals surface area contributed by atoms with E-state index in [1.807, 2.05) is 25.7 Å². The van der Waals surface area contributed by atoms with Crippen molar-refractivity contribution in [1.29, 1.82) is 0 Å². The van der Waals surface area contributed by atoms with Crippen LogP contribution in [0.4, 0.5) is 4.79 Å². The molecule has 2 fully saturated rings. The second-order valence-electron chi connectivity index (χ2n) is 7.52. The third-order valence-corrected chi connectivity index (χ3v) is 4.57. The van der Waals surface area contributed by atoms with Crippen LogP contribution in [-0.4, -0.2) is 48.8 Å². The van der Waals surface area contributed by atoms with Crippen LogP contribution in [0.15, 0.2) is 0 Å². The maximum Gasteiger partial charge on any atom is 0.410 e. The third-order valence-electron chi connectivity index (χ3n) is 4.57. The van der Waals surface area contributed by atoms with E-state index in [1.54, 1.807) is 0 Å². The van der Waals surface area contributed by atoms with Crippen molar-refractivity contribution in [2.45, 2.75) is 58.1 Å². The van der Waals surface area contributed by atoms with Crippen LogP contribution in [0.5, 0.6) is 0 Å². The van der Waals surface area contributed by atoms with Crippen LogP contribution in [0.3, 0.4) is 0 Å². The average molecular weight is 297 g/mol. The first kappa shape index (κ1) is 16.6. The summed E-state index contributed by atoms with van der Waals surface area (Å²) >= 11 is 0. The number of amides is 1. The lowest BCUT2D eigenvalue weighted by Crippen LogP contribution is -2.40. The van der Waals surface area contributed by atoms with E-state index in [9.17, 15) is 4.79 Å². The van der Waals surface area contributed by atoms with Crippen LogP contribution in [0.1, 0.15) is 46.5 Å². The molecule has 0 spiro atoms. The van der Waals surface area contributed by atoms with Gasteiger partial charge in [-0.2, -0.15) is 0 Å². The Labute approximate surface area is 128 Å². The van der Waals surface area contributed by atoms with E-state index in [-0.39, 0.29) is 6.09 Å². The molecule has 0 aromatic rings. The van der Waals surface area contributed by atoms with Crippen molar-refractivity contribution >= 4 is 6.09 Å². The van der Waals surface area contributed by atoms with Crippen LogP contribution in [0.2, 0.25) is 0 Å². The van der Waals surface area contributed by atoms with Gasteiger partial charge in [0, 0.05) is 19.1 Å². The quantitative estimate of drug-likeness (QED) is 0.832. The zero-order chi connectivity index (χ0) is 15.5. The largest absolute Gasteiger partial charge is 0.444 e. The van der Waals surface area contributed by atoms with Crippen molar-refractivity contribution in [2.24, 2.45) is 17.6 Å². The molecule has 1 aliphatic heterocycles.